The molecule has 108 valence electrons. The van der Waals surface area contributed by atoms with Crippen molar-refractivity contribution in [3.8, 4) is 0 Å². The van der Waals surface area contributed by atoms with Crippen LogP contribution in [-0.2, 0) is 4.79 Å². The molecule has 1 saturated carbocycles. The first-order chi connectivity index (χ1) is 9.42. The number of carboxylic acids is 1. The van der Waals surface area contributed by atoms with Gasteiger partial charge in [0.05, 0.1) is 22.5 Å². The Morgan fingerprint density at radius 2 is 2.00 bits per heavy atom. The highest BCUT2D eigenvalue weighted by Crippen LogP contribution is 2.33. The molecule has 1 aromatic rings. The number of carbonyl (C=O) groups excluding carboxylic acids is 1. The molecule has 1 aliphatic rings. The second-order valence-corrected chi connectivity index (χ2v) is 6.46. The van der Waals surface area contributed by atoms with Gasteiger partial charge in [0.25, 0.3) is 5.91 Å². The van der Waals surface area contributed by atoms with Crippen molar-refractivity contribution in [3.05, 3.63) is 33.3 Å². The minimum absolute atomic E-state index is 0.0487. The van der Waals surface area contributed by atoms with E-state index in [0.29, 0.717) is 23.4 Å². The van der Waals surface area contributed by atoms with E-state index in [1.54, 1.807) is 18.2 Å². The molecule has 0 aliphatic heterocycles. The maximum atomic E-state index is 12.3. The van der Waals surface area contributed by atoms with Gasteiger partial charge in [-0.15, -0.1) is 0 Å². The van der Waals surface area contributed by atoms with E-state index >= 15 is 0 Å². The number of nitrogens with one attached hydrogen (secondary N) is 1. The van der Waals surface area contributed by atoms with Gasteiger partial charge < -0.3 is 10.4 Å². The summed E-state index contributed by atoms with van der Waals surface area (Å²) in [6.45, 7) is 0. The first-order valence-electron chi connectivity index (χ1n) is 6.41. The SMILES string of the molecule is O=C(O)CC1(NC(=O)c2ccc(Br)cc2Cl)CCCC1. The van der Waals surface area contributed by atoms with Crippen LogP contribution in [0, 0.1) is 0 Å². The summed E-state index contributed by atoms with van der Waals surface area (Å²) in [5.41, 5.74) is -0.272. The molecular formula is C14H15BrClNO3. The quantitative estimate of drug-likeness (QED) is 0.862. The lowest BCUT2D eigenvalue weighted by atomic mass is 9.92. The lowest BCUT2D eigenvalue weighted by molar-refractivity contribution is -0.138. The van der Waals surface area contributed by atoms with Crippen LogP contribution in [0.2, 0.25) is 5.02 Å². The van der Waals surface area contributed by atoms with Crippen molar-refractivity contribution in [2.75, 3.05) is 0 Å². The van der Waals surface area contributed by atoms with Crippen LogP contribution in [0.3, 0.4) is 0 Å². The van der Waals surface area contributed by atoms with Gasteiger partial charge in [0.2, 0.25) is 0 Å². The van der Waals surface area contributed by atoms with E-state index in [1.807, 2.05) is 0 Å². The van der Waals surface area contributed by atoms with E-state index in [2.05, 4.69) is 21.2 Å². The number of carboxylic acid groups (broad SMARTS) is 1. The van der Waals surface area contributed by atoms with Gasteiger partial charge in [-0.05, 0) is 31.0 Å². The van der Waals surface area contributed by atoms with Crippen LogP contribution in [0.15, 0.2) is 22.7 Å². The Labute approximate surface area is 130 Å². The largest absolute Gasteiger partial charge is 0.481 e. The Bertz CT molecular complexity index is 541. The molecule has 2 N–H and O–H groups in total. The first-order valence-corrected chi connectivity index (χ1v) is 7.58. The zero-order valence-electron chi connectivity index (χ0n) is 10.8. The van der Waals surface area contributed by atoms with E-state index in [4.69, 9.17) is 16.7 Å². The topological polar surface area (TPSA) is 66.4 Å². The number of benzene rings is 1. The van der Waals surface area contributed by atoms with Crippen molar-refractivity contribution in [1.82, 2.24) is 5.32 Å². The predicted molar refractivity (Wildman–Crippen MR) is 80.1 cm³/mol. The summed E-state index contributed by atoms with van der Waals surface area (Å²) in [6, 6.07) is 5.01. The second kappa shape index (κ2) is 6.14. The summed E-state index contributed by atoms with van der Waals surface area (Å²) in [5, 5.41) is 12.3. The Hall–Kier alpha value is -1.07. The van der Waals surface area contributed by atoms with Crippen molar-refractivity contribution in [3.63, 3.8) is 0 Å². The Morgan fingerprint density at radius 1 is 1.35 bits per heavy atom. The molecule has 1 fully saturated rings. The minimum Gasteiger partial charge on any atom is -0.481 e. The number of hydrogen-bond donors (Lipinski definition) is 2. The number of aliphatic carboxylic acids is 1. The average molecular weight is 361 g/mol. The van der Waals surface area contributed by atoms with Crippen LogP contribution in [0.4, 0.5) is 0 Å². The third-order valence-electron chi connectivity index (χ3n) is 3.60. The van der Waals surface area contributed by atoms with E-state index in [-0.39, 0.29) is 12.3 Å². The lowest BCUT2D eigenvalue weighted by Crippen LogP contribution is -2.47. The number of amides is 1. The number of hydrogen-bond acceptors (Lipinski definition) is 2. The lowest BCUT2D eigenvalue weighted by Gasteiger charge is -2.28. The number of carbonyl (C=O) groups is 2. The molecule has 4 nitrogen and oxygen atoms in total. The molecule has 2 rings (SSSR count). The van der Waals surface area contributed by atoms with Crippen LogP contribution in [0.1, 0.15) is 42.5 Å². The van der Waals surface area contributed by atoms with E-state index in [0.717, 1.165) is 17.3 Å². The molecule has 6 heteroatoms. The monoisotopic (exact) mass is 359 g/mol. The maximum absolute atomic E-state index is 12.3. The van der Waals surface area contributed by atoms with E-state index in [1.165, 1.54) is 0 Å². The number of halogens is 2. The van der Waals surface area contributed by atoms with Gasteiger partial charge in [0.1, 0.15) is 0 Å². The molecule has 1 aliphatic carbocycles. The third-order valence-corrected chi connectivity index (χ3v) is 4.41. The molecule has 1 amide bonds. The fraction of sp³-hybridized carbons (Fsp3) is 0.429. The zero-order valence-corrected chi connectivity index (χ0v) is 13.1. The third kappa shape index (κ3) is 3.52. The molecular weight excluding hydrogens is 346 g/mol. The Balaban J connectivity index is 2.18. The smallest absolute Gasteiger partial charge is 0.305 e. The molecule has 0 radical (unpaired) electrons. The fourth-order valence-electron chi connectivity index (χ4n) is 2.67. The van der Waals surface area contributed by atoms with Crippen molar-refractivity contribution in [1.29, 1.82) is 0 Å². The highest BCUT2D eigenvalue weighted by atomic mass is 79.9. The van der Waals surface area contributed by atoms with Crippen LogP contribution in [0.25, 0.3) is 0 Å². The van der Waals surface area contributed by atoms with Crippen LogP contribution >= 0.6 is 27.5 Å². The molecule has 0 saturated heterocycles. The fourth-order valence-corrected chi connectivity index (χ4v) is 3.43. The van der Waals surface area contributed by atoms with Gasteiger partial charge >= 0.3 is 5.97 Å². The molecule has 0 spiro atoms. The van der Waals surface area contributed by atoms with Gasteiger partial charge in [0, 0.05) is 4.47 Å². The molecule has 0 atom stereocenters. The van der Waals surface area contributed by atoms with Gasteiger partial charge in [-0.25, -0.2) is 0 Å². The standard InChI is InChI=1S/C14H15BrClNO3/c15-9-3-4-10(11(16)7-9)13(20)17-14(8-12(18)19)5-1-2-6-14/h3-4,7H,1-2,5-6,8H2,(H,17,20)(H,18,19). The van der Waals surface area contributed by atoms with Crippen LogP contribution < -0.4 is 5.32 Å². The summed E-state index contributed by atoms with van der Waals surface area (Å²) in [7, 11) is 0. The second-order valence-electron chi connectivity index (χ2n) is 5.14. The highest BCUT2D eigenvalue weighted by Gasteiger charge is 2.37. The minimum atomic E-state index is -0.894. The normalized spacial score (nSPS) is 16.9. The predicted octanol–water partition coefficient (Wildman–Crippen LogP) is 3.62. The van der Waals surface area contributed by atoms with Crippen LogP contribution in [0.5, 0.6) is 0 Å². The summed E-state index contributed by atoms with van der Waals surface area (Å²) < 4.78 is 0.792. The molecule has 0 unspecified atom stereocenters. The Kier molecular flexibility index (Phi) is 4.70. The molecule has 1 aromatic carbocycles. The van der Waals surface area contributed by atoms with Crippen molar-refractivity contribution >= 4 is 39.4 Å². The van der Waals surface area contributed by atoms with Crippen molar-refractivity contribution < 1.29 is 14.7 Å². The van der Waals surface area contributed by atoms with Crippen LogP contribution in [-0.4, -0.2) is 22.5 Å². The summed E-state index contributed by atoms with van der Waals surface area (Å²) >= 11 is 9.34. The van der Waals surface area contributed by atoms with Crippen molar-refractivity contribution in [2.24, 2.45) is 0 Å². The van der Waals surface area contributed by atoms with E-state index in [9.17, 15) is 9.59 Å². The summed E-state index contributed by atoms with van der Waals surface area (Å²) in [5.74, 6) is -1.21. The number of rotatable bonds is 4. The first kappa shape index (κ1) is 15.3. The molecule has 20 heavy (non-hydrogen) atoms. The summed E-state index contributed by atoms with van der Waals surface area (Å²) in [4.78, 5) is 23.3. The highest BCUT2D eigenvalue weighted by molar-refractivity contribution is 9.10. The van der Waals surface area contributed by atoms with Gasteiger partial charge in [-0.1, -0.05) is 40.4 Å². The Morgan fingerprint density at radius 3 is 2.55 bits per heavy atom. The van der Waals surface area contributed by atoms with Gasteiger partial charge in [0.15, 0.2) is 0 Å². The van der Waals surface area contributed by atoms with Gasteiger partial charge in [-0.3, -0.25) is 9.59 Å². The molecule has 0 aromatic heterocycles. The summed E-state index contributed by atoms with van der Waals surface area (Å²) in [6.07, 6.45) is 3.20. The molecule has 0 bridgehead atoms. The van der Waals surface area contributed by atoms with E-state index < -0.39 is 11.5 Å². The van der Waals surface area contributed by atoms with Crippen molar-refractivity contribution in [2.45, 2.75) is 37.6 Å². The molecule has 0 heterocycles. The van der Waals surface area contributed by atoms with Gasteiger partial charge in [-0.2, -0.15) is 0 Å². The average Bonchev–Trinajstić information content (AvgIpc) is 2.75. The maximum Gasteiger partial charge on any atom is 0.305 e. The zero-order chi connectivity index (χ0) is 14.8.